The van der Waals surface area contributed by atoms with Crippen LogP contribution in [0.1, 0.15) is 39.5 Å². The van der Waals surface area contributed by atoms with E-state index in [1.54, 1.807) is 0 Å². The van der Waals surface area contributed by atoms with E-state index >= 15 is 0 Å². The van der Waals surface area contributed by atoms with Crippen molar-refractivity contribution in [2.75, 3.05) is 12.8 Å². The van der Waals surface area contributed by atoms with Crippen LogP contribution in [0.4, 0.5) is 0 Å². The van der Waals surface area contributed by atoms with E-state index in [1.807, 2.05) is 13.8 Å². The molecule has 0 aromatic rings. The highest BCUT2D eigenvalue weighted by molar-refractivity contribution is 7.91. The smallest absolute Gasteiger partial charge is 0.150 e. The molecule has 1 saturated carbocycles. The van der Waals surface area contributed by atoms with Crippen molar-refractivity contribution in [2.24, 2.45) is 5.92 Å². The van der Waals surface area contributed by atoms with Gasteiger partial charge >= 0.3 is 0 Å². The first-order valence-corrected chi connectivity index (χ1v) is 8.36. The van der Waals surface area contributed by atoms with Crippen molar-refractivity contribution >= 4 is 9.84 Å². The van der Waals surface area contributed by atoms with E-state index in [0.717, 1.165) is 19.3 Å². The number of aliphatic hydroxyl groups is 1. The Morgan fingerprint density at radius 1 is 1.35 bits per heavy atom. The van der Waals surface area contributed by atoms with E-state index in [1.165, 1.54) is 6.26 Å². The Morgan fingerprint density at radius 3 is 2.53 bits per heavy atom. The number of rotatable bonds is 5. The molecule has 0 aromatic carbocycles. The Bertz CT molecular complexity index is 327. The molecular weight excluding hydrogens is 238 g/mol. The van der Waals surface area contributed by atoms with Crippen molar-refractivity contribution < 1.29 is 13.5 Å². The molecule has 0 saturated heterocycles. The van der Waals surface area contributed by atoms with E-state index in [0.29, 0.717) is 13.0 Å². The molecule has 0 spiro atoms. The van der Waals surface area contributed by atoms with Gasteiger partial charge in [0.05, 0.1) is 11.4 Å². The molecule has 0 bridgehead atoms. The normalized spacial score (nSPS) is 28.3. The lowest BCUT2D eigenvalue weighted by atomic mass is 9.94. The lowest BCUT2D eigenvalue weighted by Gasteiger charge is -2.30. The first-order valence-electron chi connectivity index (χ1n) is 6.41. The van der Waals surface area contributed by atoms with Crippen molar-refractivity contribution in [2.45, 2.75) is 56.9 Å². The predicted octanol–water partition coefficient (Wildman–Crippen LogP) is 0.949. The van der Waals surface area contributed by atoms with E-state index in [9.17, 15) is 13.5 Å². The Labute approximate surface area is 105 Å². The Balaban J connectivity index is 2.40. The molecule has 3 atom stereocenters. The van der Waals surface area contributed by atoms with E-state index < -0.39 is 9.84 Å². The van der Waals surface area contributed by atoms with E-state index in [2.05, 4.69) is 5.32 Å². The minimum Gasteiger partial charge on any atom is -0.392 e. The van der Waals surface area contributed by atoms with Gasteiger partial charge in [0.15, 0.2) is 0 Å². The van der Waals surface area contributed by atoms with Crippen molar-refractivity contribution in [1.29, 1.82) is 0 Å². The number of nitrogens with one attached hydrogen (secondary N) is 1. The SMILES string of the molecule is CC(C)C(O)CNC1CCCC(S(C)(=O)=O)C1. The molecule has 17 heavy (non-hydrogen) atoms. The fraction of sp³-hybridized carbons (Fsp3) is 1.00. The van der Waals surface area contributed by atoms with Crippen LogP contribution in [0.2, 0.25) is 0 Å². The zero-order valence-corrected chi connectivity index (χ0v) is 11.8. The molecule has 4 nitrogen and oxygen atoms in total. The average Bonchev–Trinajstić information content (AvgIpc) is 2.25. The van der Waals surface area contributed by atoms with Crippen molar-refractivity contribution in [1.82, 2.24) is 5.32 Å². The number of sulfone groups is 1. The van der Waals surface area contributed by atoms with E-state index in [4.69, 9.17) is 0 Å². The maximum Gasteiger partial charge on any atom is 0.150 e. The van der Waals surface area contributed by atoms with Crippen LogP contribution in [0, 0.1) is 5.92 Å². The third kappa shape index (κ3) is 4.94. The molecule has 0 amide bonds. The van der Waals surface area contributed by atoms with Crippen LogP contribution in [0.15, 0.2) is 0 Å². The standard InChI is InChI=1S/C12H25NO3S/c1-9(2)12(14)8-13-10-5-4-6-11(7-10)17(3,15)16/h9-14H,4-8H2,1-3H3. The van der Waals surface area contributed by atoms with Gasteiger partial charge in [-0.1, -0.05) is 20.3 Å². The topological polar surface area (TPSA) is 66.4 Å². The maximum atomic E-state index is 11.5. The number of aliphatic hydroxyl groups excluding tert-OH is 1. The molecule has 1 aliphatic carbocycles. The van der Waals surface area contributed by atoms with Crippen molar-refractivity contribution in [3.63, 3.8) is 0 Å². The molecule has 0 aliphatic heterocycles. The minimum absolute atomic E-state index is 0.204. The summed E-state index contributed by atoms with van der Waals surface area (Å²) >= 11 is 0. The van der Waals surface area contributed by atoms with Crippen LogP contribution in [0.5, 0.6) is 0 Å². The second-order valence-electron chi connectivity index (χ2n) is 5.53. The van der Waals surface area contributed by atoms with Crippen LogP contribution in [0.3, 0.4) is 0 Å². The van der Waals surface area contributed by atoms with Gasteiger partial charge in [-0.25, -0.2) is 8.42 Å². The molecule has 2 N–H and O–H groups in total. The summed E-state index contributed by atoms with van der Waals surface area (Å²) in [5, 5.41) is 12.8. The summed E-state index contributed by atoms with van der Waals surface area (Å²) in [6.07, 6.45) is 4.40. The van der Waals surface area contributed by atoms with Gasteiger partial charge in [0.25, 0.3) is 0 Å². The van der Waals surface area contributed by atoms with Crippen LogP contribution in [-0.4, -0.2) is 43.7 Å². The monoisotopic (exact) mass is 263 g/mol. The molecular formula is C12H25NO3S. The first-order chi connectivity index (χ1) is 7.80. The average molecular weight is 263 g/mol. The zero-order chi connectivity index (χ0) is 13.1. The van der Waals surface area contributed by atoms with Crippen LogP contribution < -0.4 is 5.32 Å². The van der Waals surface area contributed by atoms with Gasteiger partial charge in [0.1, 0.15) is 9.84 Å². The second-order valence-corrected chi connectivity index (χ2v) is 7.86. The zero-order valence-electron chi connectivity index (χ0n) is 11.0. The summed E-state index contributed by atoms with van der Waals surface area (Å²) in [6.45, 7) is 4.51. The summed E-state index contributed by atoms with van der Waals surface area (Å²) in [4.78, 5) is 0. The van der Waals surface area contributed by atoms with Crippen LogP contribution >= 0.6 is 0 Å². The fourth-order valence-electron chi connectivity index (χ4n) is 2.24. The highest BCUT2D eigenvalue weighted by Crippen LogP contribution is 2.23. The summed E-state index contributed by atoms with van der Waals surface area (Å²) in [7, 11) is -2.92. The van der Waals surface area contributed by atoms with Gasteiger partial charge in [-0.05, 0) is 25.2 Å². The van der Waals surface area contributed by atoms with Crippen molar-refractivity contribution in [3.05, 3.63) is 0 Å². The van der Waals surface area contributed by atoms with Gasteiger partial charge in [-0.3, -0.25) is 0 Å². The summed E-state index contributed by atoms with van der Waals surface area (Å²) in [6, 6.07) is 0.233. The van der Waals surface area contributed by atoms with Gasteiger partial charge < -0.3 is 10.4 Å². The maximum absolute atomic E-state index is 11.5. The second kappa shape index (κ2) is 6.16. The molecule has 102 valence electrons. The highest BCUT2D eigenvalue weighted by atomic mass is 32.2. The molecule has 1 aliphatic rings. The molecule has 3 unspecified atom stereocenters. The fourth-order valence-corrected chi connectivity index (χ4v) is 3.42. The molecule has 1 rings (SSSR count). The largest absolute Gasteiger partial charge is 0.392 e. The quantitative estimate of drug-likeness (QED) is 0.775. The highest BCUT2D eigenvalue weighted by Gasteiger charge is 2.28. The van der Waals surface area contributed by atoms with E-state index in [-0.39, 0.29) is 23.3 Å². The summed E-state index contributed by atoms with van der Waals surface area (Å²) < 4.78 is 23.0. The molecule has 5 heteroatoms. The van der Waals surface area contributed by atoms with Crippen molar-refractivity contribution in [3.8, 4) is 0 Å². The minimum atomic E-state index is -2.92. The van der Waals surface area contributed by atoms with Gasteiger partial charge in [0, 0.05) is 18.8 Å². The molecule has 0 heterocycles. The molecule has 0 radical (unpaired) electrons. The first kappa shape index (κ1) is 14.9. The third-order valence-corrected chi connectivity index (χ3v) is 5.26. The lowest BCUT2D eigenvalue weighted by molar-refractivity contribution is 0.117. The van der Waals surface area contributed by atoms with Gasteiger partial charge in [-0.2, -0.15) is 0 Å². The summed E-state index contributed by atoms with van der Waals surface area (Å²) in [5.74, 6) is 0.233. The number of hydrogen-bond donors (Lipinski definition) is 2. The molecule has 1 fully saturated rings. The van der Waals surface area contributed by atoms with Gasteiger partial charge in [-0.15, -0.1) is 0 Å². The summed E-state index contributed by atoms with van der Waals surface area (Å²) in [5.41, 5.74) is 0. The predicted molar refractivity (Wildman–Crippen MR) is 69.7 cm³/mol. The third-order valence-electron chi connectivity index (χ3n) is 3.62. The van der Waals surface area contributed by atoms with Gasteiger partial charge in [0.2, 0.25) is 0 Å². The van der Waals surface area contributed by atoms with Crippen LogP contribution in [0.25, 0.3) is 0 Å². The lowest BCUT2D eigenvalue weighted by Crippen LogP contribution is -2.42. The number of hydrogen-bond acceptors (Lipinski definition) is 4. The Hall–Kier alpha value is -0.130. The Kier molecular flexibility index (Phi) is 5.41. The Morgan fingerprint density at radius 2 is 2.00 bits per heavy atom. The molecule has 0 aromatic heterocycles. The van der Waals surface area contributed by atoms with Crippen LogP contribution in [-0.2, 0) is 9.84 Å².